The Morgan fingerprint density at radius 1 is 1.45 bits per heavy atom. The number of methoxy groups -OCH3 is 1. The van der Waals surface area contributed by atoms with Crippen LogP contribution in [0.4, 0.5) is 4.79 Å². The zero-order valence-electron chi connectivity index (χ0n) is 13.7. The molecule has 0 aliphatic carbocycles. The van der Waals surface area contributed by atoms with Crippen molar-refractivity contribution in [2.75, 3.05) is 13.7 Å². The molecule has 0 spiro atoms. The van der Waals surface area contributed by atoms with Gasteiger partial charge in [0.15, 0.2) is 6.04 Å². The van der Waals surface area contributed by atoms with E-state index < -0.39 is 35.5 Å². The molecule has 1 rings (SSSR count). The summed E-state index contributed by atoms with van der Waals surface area (Å²) in [4.78, 5) is 27.9. The number of ether oxygens (including phenoxy) is 3. The van der Waals surface area contributed by atoms with Gasteiger partial charge in [0, 0.05) is 4.91 Å². The van der Waals surface area contributed by atoms with Crippen LogP contribution >= 0.6 is 0 Å². The molecule has 0 aromatic carbocycles. The molecule has 0 N–H and O–H groups in total. The van der Waals surface area contributed by atoms with E-state index in [1.807, 2.05) is 0 Å². The van der Waals surface area contributed by atoms with Gasteiger partial charge in [-0.05, 0) is 40.1 Å². The zero-order valence-corrected chi connectivity index (χ0v) is 13.7. The van der Waals surface area contributed by atoms with Gasteiger partial charge >= 0.3 is 12.1 Å². The summed E-state index contributed by atoms with van der Waals surface area (Å²) in [6.07, 6.45) is -1.37. The van der Waals surface area contributed by atoms with Crippen molar-refractivity contribution in [3.05, 3.63) is 10.4 Å². The molecule has 9 nitrogen and oxygen atoms in total. The van der Waals surface area contributed by atoms with Gasteiger partial charge in [0.1, 0.15) is 11.3 Å². The lowest BCUT2D eigenvalue weighted by atomic mass is 10.1. The van der Waals surface area contributed by atoms with Crippen LogP contribution in [0.25, 0.3) is 10.4 Å². The first-order valence-corrected chi connectivity index (χ1v) is 6.82. The fraction of sp³-hybridized carbons (Fsp3) is 0.846. The van der Waals surface area contributed by atoms with E-state index in [2.05, 4.69) is 14.8 Å². The van der Waals surface area contributed by atoms with Gasteiger partial charge in [0.05, 0.1) is 19.8 Å². The van der Waals surface area contributed by atoms with E-state index in [1.54, 1.807) is 34.6 Å². The second kappa shape index (κ2) is 6.41. The Hall–Kier alpha value is -1.99. The minimum absolute atomic E-state index is 0.0563. The largest absolute Gasteiger partial charge is 0.469 e. The van der Waals surface area contributed by atoms with E-state index in [4.69, 9.17) is 15.0 Å². The maximum Gasteiger partial charge on any atom is 0.412 e. The van der Waals surface area contributed by atoms with Crippen molar-refractivity contribution in [1.29, 1.82) is 0 Å². The van der Waals surface area contributed by atoms with Crippen LogP contribution in [0.3, 0.4) is 0 Å². The number of esters is 1. The highest BCUT2D eigenvalue weighted by Gasteiger charge is 2.48. The number of carbonyl (C=O) groups excluding carboxylic acids is 2. The summed E-state index contributed by atoms with van der Waals surface area (Å²) in [5, 5.41) is 3.41. The van der Waals surface area contributed by atoms with Crippen LogP contribution in [0, 0.1) is 0 Å². The zero-order chi connectivity index (χ0) is 17.1. The Kier molecular flexibility index (Phi) is 5.26. The molecule has 1 amide bonds. The molecule has 1 aliphatic heterocycles. The highest BCUT2D eigenvalue weighted by Crippen LogP contribution is 2.31. The number of carbonyl (C=O) groups is 2. The highest BCUT2D eigenvalue weighted by molar-refractivity contribution is 5.77. The summed E-state index contributed by atoms with van der Waals surface area (Å²) in [5.41, 5.74) is 6.94. The van der Waals surface area contributed by atoms with E-state index in [9.17, 15) is 9.59 Å². The van der Waals surface area contributed by atoms with Crippen LogP contribution in [-0.2, 0) is 19.0 Å². The molecule has 124 valence electrons. The van der Waals surface area contributed by atoms with Crippen LogP contribution in [-0.4, -0.2) is 54.1 Å². The Labute approximate surface area is 129 Å². The van der Waals surface area contributed by atoms with Crippen molar-refractivity contribution in [2.45, 2.75) is 58.1 Å². The predicted octanol–water partition coefficient (Wildman–Crippen LogP) is 2.21. The Balaban J connectivity index is 2.95. The standard InChI is InChI=1S/C13H22N4O5/c1-12(2,3)22-11(19)17-7-8(21-13(17,4)5)9(15-16-14)10(18)20-6/h8-9H,7H2,1-6H3/t8-,9+/m0/s1. The molecule has 0 saturated carbocycles. The van der Waals surface area contributed by atoms with Crippen molar-refractivity contribution in [1.82, 2.24) is 4.90 Å². The molecule has 1 heterocycles. The number of nitrogens with zero attached hydrogens (tertiary/aromatic N) is 4. The molecule has 1 fully saturated rings. The molecule has 1 aliphatic rings. The minimum Gasteiger partial charge on any atom is -0.469 e. The van der Waals surface area contributed by atoms with Crippen LogP contribution in [0.1, 0.15) is 34.6 Å². The lowest BCUT2D eigenvalue weighted by Gasteiger charge is -2.31. The SMILES string of the molecule is COC(=O)[C@H](N=[N+]=[N-])[C@@H]1CN(C(=O)OC(C)(C)C)C(C)(C)O1. The topological polar surface area (TPSA) is 114 Å². The minimum atomic E-state index is -1.17. The van der Waals surface area contributed by atoms with Crippen molar-refractivity contribution in [2.24, 2.45) is 5.11 Å². The average molecular weight is 314 g/mol. The van der Waals surface area contributed by atoms with Crippen molar-refractivity contribution in [3.8, 4) is 0 Å². The second-order valence-electron chi connectivity index (χ2n) is 6.37. The quantitative estimate of drug-likeness (QED) is 0.343. The monoisotopic (exact) mass is 314 g/mol. The smallest absolute Gasteiger partial charge is 0.412 e. The first kappa shape index (κ1) is 18.1. The van der Waals surface area contributed by atoms with Crippen LogP contribution in [0.2, 0.25) is 0 Å². The Morgan fingerprint density at radius 2 is 2.05 bits per heavy atom. The molecule has 1 saturated heterocycles. The third-order valence-corrected chi connectivity index (χ3v) is 3.04. The number of amides is 1. The average Bonchev–Trinajstić information content (AvgIpc) is 2.68. The molecule has 9 heteroatoms. The maximum atomic E-state index is 12.2. The fourth-order valence-corrected chi connectivity index (χ4v) is 2.10. The maximum absolute atomic E-state index is 12.2. The van der Waals surface area contributed by atoms with Gasteiger partial charge in [-0.25, -0.2) is 4.79 Å². The lowest BCUT2D eigenvalue weighted by Crippen LogP contribution is -2.46. The molecule has 0 unspecified atom stereocenters. The summed E-state index contributed by atoms with van der Waals surface area (Å²) in [5.74, 6) is -0.718. The first-order valence-electron chi connectivity index (χ1n) is 6.82. The molecule has 2 atom stereocenters. The van der Waals surface area contributed by atoms with Crippen molar-refractivity contribution >= 4 is 12.1 Å². The van der Waals surface area contributed by atoms with Gasteiger partial charge in [-0.3, -0.25) is 9.69 Å². The van der Waals surface area contributed by atoms with Crippen LogP contribution < -0.4 is 0 Å². The number of rotatable bonds is 3. The van der Waals surface area contributed by atoms with Gasteiger partial charge in [0.2, 0.25) is 0 Å². The summed E-state index contributed by atoms with van der Waals surface area (Å²) in [6.45, 7) is 8.65. The summed E-state index contributed by atoms with van der Waals surface area (Å²) >= 11 is 0. The normalized spacial score (nSPS) is 21.7. The molecular weight excluding hydrogens is 292 g/mol. The van der Waals surface area contributed by atoms with E-state index >= 15 is 0 Å². The first-order chi connectivity index (χ1) is 10.0. The number of hydrogen-bond donors (Lipinski definition) is 0. The van der Waals surface area contributed by atoms with Crippen molar-refractivity contribution in [3.63, 3.8) is 0 Å². The van der Waals surface area contributed by atoms with E-state index in [-0.39, 0.29) is 6.54 Å². The van der Waals surface area contributed by atoms with E-state index in [1.165, 1.54) is 12.0 Å². The summed E-state index contributed by atoms with van der Waals surface area (Å²) in [6, 6.07) is -1.17. The van der Waals surface area contributed by atoms with Gasteiger partial charge < -0.3 is 14.2 Å². The lowest BCUT2D eigenvalue weighted by molar-refractivity contribution is -0.147. The van der Waals surface area contributed by atoms with Gasteiger partial charge in [0.25, 0.3) is 0 Å². The van der Waals surface area contributed by atoms with Crippen LogP contribution in [0.15, 0.2) is 5.11 Å². The van der Waals surface area contributed by atoms with Gasteiger partial charge in [-0.2, -0.15) is 0 Å². The fourth-order valence-electron chi connectivity index (χ4n) is 2.10. The second-order valence-corrected chi connectivity index (χ2v) is 6.37. The molecular formula is C13H22N4O5. The van der Waals surface area contributed by atoms with E-state index in [0.717, 1.165) is 0 Å². The molecule has 0 aromatic heterocycles. The summed E-state index contributed by atoms with van der Waals surface area (Å²) in [7, 11) is 1.19. The summed E-state index contributed by atoms with van der Waals surface area (Å²) < 4.78 is 15.6. The van der Waals surface area contributed by atoms with Crippen molar-refractivity contribution < 1.29 is 23.8 Å². The highest BCUT2D eigenvalue weighted by atomic mass is 16.6. The number of hydrogen-bond acceptors (Lipinski definition) is 6. The van der Waals surface area contributed by atoms with Gasteiger partial charge in [-0.15, -0.1) is 0 Å². The number of azide groups is 1. The third-order valence-electron chi connectivity index (χ3n) is 3.04. The third kappa shape index (κ3) is 4.25. The van der Waals surface area contributed by atoms with Gasteiger partial charge in [-0.1, -0.05) is 5.11 Å². The Bertz CT molecular complexity index is 493. The van der Waals surface area contributed by atoms with E-state index in [0.29, 0.717) is 0 Å². The van der Waals surface area contributed by atoms with Crippen LogP contribution in [0.5, 0.6) is 0 Å². The molecule has 0 bridgehead atoms. The molecule has 0 aromatic rings. The Morgan fingerprint density at radius 3 is 2.50 bits per heavy atom. The molecule has 22 heavy (non-hydrogen) atoms. The molecule has 0 radical (unpaired) electrons. The predicted molar refractivity (Wildman–Crippen MR) is 76.8 cm³/mol.